The Hall–Kier alpha value is -2.17. The van der Waals surface area contributed by atoms with Crippen molar-refractivity contribution >= 4 is 5.97 Å². The molecule has 1 aromatic heterocycles. The van der Waals surface area contributed by atoms with Crippen LogP contribution in [0, 0.1) is 5.82 Å². The molecule has 5 heteroatoms. The van der Waals surface area contributed by atoms with Crippen LogP contribution in [0.4, 0.5) is 4.39 Å². The van der Waals surface area contributed by atoms with Crippen LogP contribution in [0.1, 0.15) is 52.6 Å². The second-order valence-corrected chi connectivity index (χ2v) is 5.85. The SMILES string of the molecule is O=C(O)c1cc2c(cc1F)CCCc1nc(C3CC3)cn1-2. The van der Waals surface area contributed by atoms with Crippen molar-refractivity contribution in [3.8, 4) is 5.69 Å². The van der Waals surface area contributed by atoms with E-state index in [1.807, 2.05) is 10.8 Å². The van der Waals surface area contributed by atoms with Gasteiger partial charge in [-0.25, -0.2) is 14.2 Å². The summed E-state index contributed by atoms with van der Waals surface area (Å²) in [4.78, 5) is 15.9. The summed E-state index contributed by atoms with van der Waals surface area (Å²) in [5, 5.41) is 9.12. The Labute approximate surface area is 121 Å². The number of rotatable bonds is 2. The lowest BCUT2D eigenvalue weighted by molar-refractivity contribution is 0.0692. The van der Waals surface area contributed by atoms with Gasteiger partial charge in [-0.15, -0.1) is 0 Å². The lowest BCUT2D eigenvalue weighted by Gasteiger charge is -2.11. The highest BCUT2D eigenvalue weighted by Gasteiger charge is 2.28. The highest BCUT2D eigenvalue weighted by molar-refractivity contribution is 5.89. The smallest absolute Gasteiger partial charge is 0.338 e. The number of benzene rings is 1. The molecule has 21 heavy (non-hydrogen) atoms. The molecule has 1 N–H and O–H groups in total. The highest BCUT2D eigenvalue weighted by Crippen LogP contribution is 2.40. The van der Waals surface area contributed by atoms with E-state index in [0.717, 1.165) is 42.0 Å². The Morgan fingerprint density at radius 3 is 2.86 bits per heavy atom. The molecule has 0 bridgehead atoms. The van der Waals surface area contributed by atoms with Crippen LogP contribution < -0.4 is 0 Å². The lowest BCUT2D eigenvalue weighted by atomic mass is 10.0. The number of carboxylic acid groups (broad SMARTS) is 1. The number of carbonyl (C=O) groups is 1. The maximum absolute atomic E-state index is 13.9. The minimum absolute atomic E-state index is 0.275. The van der Waals surface area contributed by atoms with Gasteiger partial charge >= 0.3 is 5.97 Å². The molecule has 1 saturated carbocycles. The average molecular weight is 286 g/mol. The van der Waals surface area contributed by atoms with E-state index >= 15 is 0 Å². The summed E-state index contributed by atoms with van der Waals surface area (Å²) in [7, 11) is 0. The second-order valence-electron chi connectivity index (χ2n) is 5.85. The number of carboxylic acids is 1. The van der Waals surface area contributed by atoms with Crippen molar-refractivity contribution in [3.63, 3.8) is 0 Å². The quantitative estimate of drug-likeness (QED) is 0.923. The molecule has 4 rings (SSSR count). The van der Waals surface area contributed by atoms with E-state index in [1.54, 1.807) is 0 Å². The zero-order valence-electron chi connectivity index (χ0n) is 11.5. The number of aryl methyl sites for hydroxylation is 2. The number of aromatic carboxylic acids is 1. The molecule has 0 unspecified atom stereocenters. The van der Waals surface area contributed by atoms with Gasteiger partial charge in [0.15, 0.2) is 0 Å². The first-order valence-corrected chi connectivity index (χ1v) is 7.27. The zero-order chi connectivity index (χ0) is 14.6. The average Bonchev–Trinajstić information content (AvgIpc) is 3.22. The maximum Gasteiger partial charge on any atom is 0.338 e. The Morgan fingerprint density at radius 1 is 1.33 bits per heavy atom. The number of fused-ring (bicyclic) bond motifs is 3. The van der Waals surface area contributed by atoms with Crippen LogP contribution in [0.3, 0.4) is 0 Å². The monoisotopic (exact) mass is 286 g/mol. The van der Waals surface area contributed by atoms with Crippen molar-refractivity contribution in [1.29, 1.82) is 0 Å². The predicted molar refractivity (Wildman–Crippen MR) is 74.5 cm³/mol. The van der Waals surface area contributed by atoms with Crippen LogP contribution in [0.15, 0.2) is 18.3 Å². The lowest BCUT2D eigenvalue weighted by Crippen LogP contribution is -2.06. The topological polar surface area (TPSA) is 55.1 Å². The van der Waals surface area contributed by atoms with Crippen molar-refractivity contribution in [1.82, 2.24) is 9.55 Å². The molecule has 0 spiro atoms. The fourth-order valence-electron chi connectivity index (χ4n) is 3.03. The molecule has 2 heterocycles. The van der Waals surface area contributed by atoms with Gasteiger partial charge in [0, 0.05) is 18.5 Å². The molecule has 2 aromatic rings. The van der Waals surface area contributed by atoms with Crippen LogP contribution in [0.25, 0.3) is 5.69 Å². The second kappa shape index (κ2) is 4.41. The van der Waals surface area contributed by atoms with E-state index in [9.17, 15) is 9.18 Å². The van der Waals surface area contributed by atoms with Crippen LogP contribution in [0.5, 0.6) is 0 Å². The largest absolute Gasteiger partial charge is 0.478 e. The van der Waals surface area contributed by atoms with E-state index in [2.05, 4.69) is 0 Å². The van der Waals surface area contributed by atoms with Gasteiger partial charge in [0.05, 0.1) is 16.9 Å². The Kier molecular flexibility index (Phi) is 2.64. The molecule has 0 atom stereocenters. The molecule has 1 aromatic carbocycles. The molecule has 1 fully saturated rings. The summed E-state index contributed by atoms with van der Waals surface area (Å²) in [6.07, 6.45) is 6.83. The van der Waals surface area contributed by atoms with Gasteiger partial charge in [0.1, 0.15) is 11.6 Å². The molecule has 2 aliphatic rings. The van der Waals surface area contributed by atoms with Crippen LogP contribution >= 0.6 is 0 Å². The normalized spacial score (nSPS) is 17.0. The predicted octanol–water partition coefficient (Wildman–Crippen LogP) is 3.08. The van der Waals surface area contributed by atoms with Gasteiger partial charge in [-0.3, -0.25) is 0 Å². The van der Waals surface area contributed by atoms with Crippen molar-refractivity contribution in [3.05, 3.63) is 46.8 Å². The molecular formula is C16H15FN2O2. The van der Waals surface area contributed by atoms with Gasteiger partial charge in [0.25, 0.3) is 0 Å². The minimum Gasteiger partial charge on any atom is -0.478 e. The van der Waals surface area contributed by atoms with Crippen molar-refractivity contribution in [2.45, 2.75) is 38.0 Å². The number of aromatic nitrogens is 2. The highest BCUT2D eigenvalue weighted by atomic mass is 19.1. The molecule has 0 radical (unpaired) electrons. The maximum atomic E-state index is 13.9. The van der Waals surface area contributed by atoms with Crippen molar-refractivity contribution in [2.24, 2.45) is 0 Å². The molecule has 108 valence electrons. The summed E-state index contributed by atoms with van der Waals surface area (Å²) >= 11 is 0. The minimum atomic E-state index is -1.23. The summed E-state index contributed by atoms with van der Waals surface area (Å²) in [6.45, 7) is 0. The molecule has 1 aliphatic carbocycles. The Bertz CT molecular complexity index is 747. The first kappa shape index (κ1) is 12.6. The first-order valence-electron chi connectivity index (χ1n) is 7.27. The van der Waals surface area contributed by atoms with Crippen LogP contribution in [-0.2, 0) is 12.8 Å². The fourth-order valence-corrected chi connectivity index (χ4v) is 3.03. The number of imidazole rings is 1. The van der Waals surface area contributed by atoms with Gasteiger partial charge in [0.2, 0.25) is 0 Å². The molecule has 0 amide bonds. The standard InChI is InChI=1S/C16H15FN2O2/c17-12-6-10-2-1-3-15-18-13(9-4-5-9)8-19(15)14(10)7-11(12)16(20)21/h6-9H,1-5H2,(H,20,21). The van der Waals surface area contributed by atoms with E-state index in [-0.39, 0.29) is 5.56 Å². The van der Waals surface area contributed by atoms with Gasteiger partial charge in [-0.1, -0.05) is 0 Å². The van der Waals surface area contributed by atoms with Crippen LogP contribution in [-0.4, -0.2) is 20.6 Å². The van der Waals surface area contributed by atoms with Crippen molar-refractivity contribution in [2.75, 3.05) is 0 Å². The summed E-state index contributed by atoms with van der Waals surface area (Å²) < 4.78 is 15.8. The summed E-state index contributed by atoms with van der Waals surface area (Å²) in [5.74, 6) is -0.387. The Balaban J connectivity index is 1.91. The molecule has 1 aliphatic heterocycles. The number of nitrogens with zero attached hydrogens (tertiary/aromatic N) is 2. The number of hydrogen-bond acceptors (Lipinski definition) is 2. The number of halogens is 1. The number of hydrogen-bond donors (Lipinski definition) is 1. The van der Waals surface area contributed by atoms with Gasteiger partial charge in [-0.05, 0) is 43.4 Å². The van der Waals surface area contributed by atoms with Gasteiger partial charge in [-0.2, -0.15) is 0 Å². The Morgan fingerprint density at radius 2 is 2.14 bits per heavy atom. The third kappa shape index (κ3) is 2.04. The van der Waals surface area contributed by atoms with Gasteiger partial charge < -0.3 is 9.67 Å². The summed E-state index contributed by atoms with van der Waals surface area (Å²) in [5.41, 5.74) is 2.43. The fraction of sp³-hybridized carbons (Fsp3) is 0.375. The summed E-state index contributed by atoms with van der Waals surface area (Å²) in [6, 6.07) is 2.81. The van der Waals surface area contributed by atoms with E-state index < -0.39 is 11.8 Å². The van der Waals surface area contributed by atoms with Crippen LogP contribution in [0.2, 0.25) is 0 Å². The molecular weight excluding hydrogens is 271 g/mol. The van der Waals surface area contributed by atoms with E-state index in [0.29, 0.717) is 5.92 Å². The first-order chi connectivity index (χ1) is 10.1. The molecule has 4 nitrogen and oxygen atoms in total. The molecule has 0 saturated heterocycles. The van der Waals surface area contributed by atoms with Crippen molar-refractivity contribution < 1.29 is 14.3 Å². The van der Waals surface area contributed by atoms with E-state index in [1.165, 1.54) is 25.0 Å². The third-order valence-electron chi connectivity index (χ3n) is 4.30. The third-order valence-corrected chi connectivity index (χ3v) is 4.30. The van der Waals surface area contributed by atoms with E-state index in [4.69, 9.17) is 10.1 Å². The zero-order valence-corrected chi connectivity index (χ0v) is 11.5.